The quantitative estimate of drug-likeness (QED) is 0.753. The number of rotatable bonds is 4. The van der Waals surface area contributed by atoms with E-state index in [1.807, 2.05) is 6.26 Å². The molecule has 1 aromatic heterocycles. The fraction of sp³-hybridized carbons (Fsp3) is 0.500. The standard InChI is InChI=1S/C8H12FN3S/c1-6(13-2)4-10-8-3-7(9)11-5-12-8/h3,5-6H,4H2,1-2H3,(H,10,11,12). The van der Waals surface area contributed by atoms with Crippen LogP contribution in [0.3, 0.4) is 0 Å². The lowest BCUT2D eigenvalue weighted by Gasteiger charge is -2.09. The lowest BCUT2D eigenvalue weighted by molar-refractivity contribution is 0.580. The molecular weight excluding hydrogens is 189 g/mol. The highest BCUT2D eigenvalue weighted by Gasteiger charge is 2.00. The Morgan fingerprint density at radius 2 is 2.38 bits per heavy atom. The van der Waals surface area contributed by atoms with Gasteiger partial charge in [-0.25, -0.2) is 9.97 Å². The van der Waals surface area contributed by atoms with Crippen LogP contribution >= 0.6 is 11.8 Å². The molecule has 1 atom stereocenters. The molecule has 1 heterocycles. The molecule has 0 amide bonds. The third-order valence-corrected chi connectivity index (χ3v) is 2.58. The highest BCUT2D eigenvalue weighted by molar-refractivity contribution is 7.99. The fourth-order valence-electron chi connectivity index (χ4n) is 0.762. The molecular formula is C8H12FN3S. The van der Waals surface area contributed by atoms with Crippen LogP contribution in [-0.2, 0) is 0 Å². The smallest absolute Gasteiger partial charge is 0.217 e. The van der Waals surface area contributed by atoms with Crippen LogP contribution < -0.4 is 5.32 Å². The highest BCUT2D eigenvalue weighted by Crippen LogP contribution is 2.07. The summed E-state index contributed by atoms with van der Waals surface area (Å²) in [6.45, 7) is 2.87. The zero-order chi connectivity index (χ0) is 9.68. The zero-order valence-corrected chi connectivity index (χ0v) is 8.44. The van der Waals surface area contributed by atoms with Gasteiger partial charge in [0.25, 0.3) is 0 Å². The van der Waals surface area contributed by atoms with E-state index < -0.39 is 5.95 Å². The van der Waals surface area contributed by atoms with Gasteiger partial charge in [-0.1, -0.05) is 6.92 Å². The monoisotopic (exact) mass is 201 g/mol. The minimum absolute atomic E-state index is 0.484. The number of nitrogens with zero attached hydrogens (tertiary/aromatic N) is 2. The Morgan fingerprint density at radius 3 is 3.00 bits per heavy atom. The minimum atomic E-state index is -0.505. The molecule has 5 heteroatoms. The fourth-order valence-corrected chi connectivity index (χ4v) is 1.01. The number of hydrogen-bond acceptors (Lipinski definition) is 4. The molecule has 0 spiro atoms. The van der Waals surface area contributed by atoms with Crippen molar-refractivity contribution in [2.45, 2.75) is 12.2 Å². The molecule has 3 nitrogen and oxygen atoms in total. The first-order chi connectivity index (χ1) is 6.22. The van der Waals surface area contributed by atoms with Gasteiger partial charge >= 0.3 is 0 Å². The van der Waals surface area contributed by atoms with Crippen molar-refractivity contribution in [3.8, 4) is 0 Å². The van der Waals surface area contributed by atoms with E-state index in [0.29, 0.717) is 11.1 Å². The number of hydrogen-bond donors (Lipinski definition) is 1. The summed E-state index contributed by atoms with van der Waals surface area (Å²) in [6, 6.07) is 1.28. The molecule has 0 aliphatic heterocycles. The average Bonchev–Trinajstić information content (AvgIpc) is 2.14. The van der Waals surface area contributed by atoms with E-state index in [9.17, 15) is 4.39 Å². The summed E-state index contributed by atoms with van der Waals surface area (Å²) in [4.78, 5) is 7.24. The molecule has 0 aromatic carbocycles. The molecule has 0 aliphatic carbocycles. The molecule has 0 saturated heterocycles. The summed E-state index contributed by atoms with van der Waals surface area (Å²) in [7, 11) is 0. The van der Waals surface area contributed by atoms with Crippen LogP contribution in [0.25, 0.3) is 0 Å². The summed E-state index contributed by atoms with van der Waals surface area (Å²) in [6.07, 6.45) is 3.24. The van der Waals surface area contributed by atoms with Crippen molar-refractivity contribution in [1.29, 1.82) is 0 Å². The van der Waals surface area contributed by atoms with Crippen LogP contribution in [0.2, 0.25) is 0 Å². The molecule has 72 valence electrons. The maximum absolute atomic E-state index is 12.6. The normalized spacial score (nSPS) is 12.5. The second-order valence-corrected chi connectivity index (χ2v) is 3.93. The predicted molar refractivity (Wildman–Crippen MR) is 53.5 cm³/mol. The van der Waals surface area contributed by atoms with Crippen LogP contribution in [-0.4, -0.2) is 28.0 Å². The van der Waals surface area contributed by atoms with E-state index in [4.69, 9.17) is 0 Å². The summed E-state index contributed by atoms with van der Waals surface area (Å²) >= 11 is 1.75. The van der Waals surface area contributed by atoms with Gasteiger partial charge in [0.2, 0.25) is 5.95 Å². The van der Waals surface area contributed by atoms with Crippen molar-refractivity contribution >= 4 is 17.6 Å². The van der Waals surface area contributed by atoms with Crippen LogP contribution in [0.1, 0.15) is 6.92 Å². The molecule has 1 unspecified atom stereocenters. The summed E-state index contributed by atoms with van der Waals surface area (Å²) < 4.78 is 12.6. The maximum Gasteiger partial charge on any atom is 0.217 e. The Morgan fingerprint density at radius 1 is 1.62 bits per heavy atom. The number of thioether (sulfide) groups is 1. The first-order valence-corrected chi connectivity index (χ1v) is 5.25. The summed E-state index contributed by atoms with van der Waals surface area (Å²) in [5.41, 5.74) is 0. The van der Waals surface area contributed by atoms with E-state index in [2.05, 4.69) is 22.2 Å². The number of anilines is 1. The Balaban J connectivity index is 2.45. The van der Waals surface area contributed by atoms with E-state index in [-0.39, 0.29) is 0 Å². The van der Waals surface area contributed by atoms with Gasteiger partial charge in [0, 0.05) is 17.9 Å². The Kier molecular flexibility index (Phi) is 3.95. The predicted octanol–water partition coefficient (Wildman–Crippen LogP) is 1.78. The first-order valence-electron chi connectivity index (χ1n) is 3.96. The Labute approximate surface area is 81.2 Å². The lowest BCUT2D eigenvalue weighted by Crippen LogP contribution is -2.13. The van der Waals surface area contributed by atoms with Crippen molar-refractivity contribution < 1.29 is 4.39 Å². The highest BCUT2D eigenvalue weighted by atomic mass is 32.2. The van der Waals surface area contributed by atoms with Gasteiger partial charge in [-0.2, -0.15) is 16.2 Å². The summed E-state index contributed by atoms with van der Waals surface area (Å²) in [5, 5.41) is 3.51. The van der Waals surface area contributed by atoms with Gasteiger partial charge in [-0.05, 0) is 6.26 Å². The van der Waals surface area contributed by atoms with Gasteiger partial charge < -0.3 is 5.32 Å². The molecule has 0 fully saturated rings. The van der Waals surface area contributed by atoms with Gasteiger partial charge in [0.05, 0.1) is 0 Å². The Hall–Kier alpha value is -0.840. The number of halogens is 1. The van der Waals surface area contributed by atoms with Crippen LogP contribution in [0.15, 0.2) is 12.4 Å². The van der Waals surface area contributed by atoms with Crippen molar-refractivity contribution in [3.63, 3.8) is 0 Å². The SMILES string of the molecule is CSC(C)CNc1cc(F)ncn1. The second kappa shape index (κ2) is 5.01. The topological polar surface area (TPSA) is 37.8 Å². The van der Waals surface area contributed by atoms with E-state index in [1.165, 1.54) is 12.4 Å². The molecule has 0 saturated carbocycles. The van der Waals surface area contributed by atoms with Crippen molar-refractivity contribution in [2.24, 2.45) is 0 Å². The van der Waals surface area contributed by atoms with Crippen LogP contribution in [0, 0.1) is 5.95 Å². The largest absolute Gasteiger partial charge is 0.369 e. The lowest BCUT2D eigenvalue weighted by atomic mass is 10.4. The number of nitrogens with one attached hydrogen (secondary N) is 1. The molecule has 0 radical (unpaired) electrons. The summed E-state index contributed by atoms with van der Waals surface area (Å²) in [5.74, 6) is 0.0303. The van der Waals surface area contributed by atoms with Gasteiger partial charge in [0.15, 0.2) is 0 Å². The van der Waals surface area contributed by atoms with E-state index in [0.717, 1.165) is 6.54 Å². The first kappa shape index (κ1) is 10.2. The van der Waals surface area contributed by atoms with Crippen molar-refractivity contribution in [1.82, 2.24) is 9.97 Å². The van der Waals surface area contributed by atoms with Crippen LogP contribution in [0.5, 0.6) is 0 Å². The minimum Gasteiger partial charge on any atom is -0.369 e. The van der Waals surface area contributed by atoms with Crippen molar-refractivity contribution in [3.05, 3.63) is 18.3 Å². The number of aromatic nitrogens is 2. The molecule has 1 aromatic rings. The molecule has 13 heavy (non-hydrogen) atoms. The molecule has 1 N–H and O–H groups in total. The molecule has 0 bridgehead atoms. The average molecular weight is 201 g/mol. The Bertz CT molecular complexity index is 269. The third-order valence-electron chi connectivity index (χ3n) is 1.61. The second-order valence-electron chi connectivity index (χ2n) is 2.65. The van der Waals surface area contributed by atoms with Crippen molar-refractivity contribution in [2.75, 3.05) is 18.1 Å². The van der Waals surface area contributed by atoms with E-state index >= 15 is 0 Å². The van der Waals surface area contributed by atoms with Gasteiger partial charge in [0.1, 0.15) is 12.1 Å². The zero-order valence-electron chi connectivity index (χ0n) is 7.62. The van der Waals surface area contributed by atoms with Gasteiger partial charge in [-0.3, -0.25) is 0 Å². The maximum atomic E-state index is 12.6. The molecule has 1 rings (SSSR count). The van der Waals surface area contributed by atoms with E-state index in [1.54, 1.807) is 11.8 Å². The molecule has 0 aliphatic rings. The van der Waals surface area contributed by atoms with Crippen LogP contribution in [0.4, 0.5) is 10.2 Å². The van der Waals surface area contributed by atoms with Gasteiger partial charge in [-0.15, -0.1) is 0 Å². The third kappa shape index (κ3) is 3.59.